The molecule has 0 aliphatic carbocycles. The van der Waals surface area contributed by atoms with Crippen LogP contribution in [0.15, 0.2) is 12.2 Å². The van der Waals surface area contributed by atoms with Gasteiger partial charge in [-0.05, 0) is 25.7 Å². The largest absolute Gasteiger partial charge is 0.0885 e. The van der Waals surface area contributed by atoms with Crippen LogP contribution in [-0.2, 0) is 0 Å². The van der Waals surface area contributed by atoms with E-state index in [1.165, 1.54) is 141 Å². The minimum atomic E-state index is 1.31. The van der Waals surface area contributed by atoms with Gasteiger partial charge in [0.15, 0.2) is 0 Å². The highest BCUT2D eigenvalue weighted by atomic mass is 14.0. The minimum absolute atomic E-state index is 1.31. The molecule has 0 aromatic carbocycles. The maximum atomic E-state index is 2.43. The van der Waals surface area contributed by atoms with E-state index in [-0.39, 0.29) is 0 Å². The monoisotopic (exact) mass is 364 g/mol. The zero-order chi connectivity index (χ0) is 19.0. The van der Waals surface area contributed by atoms with E-state index < -0.39 is 0 Å². The Kier molecular flexibility index (Phi) is 24.5. The van der Waals surface area contributed by atoms with E-state index in [0.29, 0.717) is 0 Å². The quantitative estimate of drug-likeness (QED) is 0.132. The zero-order valence-corrected chi connectivity index (χ0v) is 18.7. The molecule has 26 heavy (non-hydrogen) atoms. The van der Waals surface area contributed by atoms with Crippen molar-refractivity contribution < 1.29 is 0 Å². The molecule has 0 atom stereocenters. The molecular weight excluding hydrogens is 312 g/mol. The Morgan fingerprint density at radius 1 is 0.308 bits per heavy atom. The highest BCUT2D eigenvalue weighted by Crippen LogP contribution is 2.14. The van der Waals surface area contributed by atoms with Gasteiger partial charge in [0, 0.05) is 0 Å². The van der Waals surface area contributed by atoms with Gasteiger partial charge in [-0.25, -0.2) is 0 Å². The van der Waals surface area contributed by atoms with Crippen LogP contribution in [0.1, 0.15) is 155 Å². The van der Waals surface area contributed by atoms with Crippen LogP contribution in [0.3, 0.4) is 0 Å². The molecule has 0 nitrogen and oxygen atoms in total. The zero-order valence-electron chi connectivity index (χ0n) is 18.7. The summed E-state index contributed by atoms with van der Waals surface area (Å²) in [5.41, 5.74) is 0. The molecule has 0 heteroatoms. The first kappa shape index (κ1) is 25.7. The van der Waals surface area contributed by atoms with Crippen molar-refractivity contribution in [1.82, 2.24) is 0 Å². The highest BCUT2D eigenvalue weighted by molar-refractivity contribution is 4.81. The lowest BCUT2D eigenvalue weighted by molar-refractivity contribution is 0.533. The summed E-state index contributed by atoms with van der Waals surface area (Å²) in [6.07, 6.45) is 36.4. The van der Waals surface area contributed by atoms with Crippen LogP contribution in [0.5, 0.6) is 0 Å². The van der Waals surface area contributed by atoms with Crippen molar-refractivity contribution in [2.75, 3.05) is 0 Å². The lowest BCUT2D eigenvalue weighted by atomic mass is 10.0. The number of unbranched alkanes of at least 4 members (excludes halogenated alkanes) is 20. The summed E-state index contributed by atoms with van der Waals surface area (Å²) in [5, 5.41) is 0. The van der Waals surface area contributed by atoms with Crippen LogP contribution < -0.4 is 0 Å². The van der Waals surface area contributed by atoms with Gasteiger partial charge in [0.25, 0.3) is 0 Å². The molecule has 0 fully saturated rings. The molecule has 0 heterocycles. The molecule has 0 rings (SSSR count). The molecule has 0 bridgehead atoms. The predicted octanol–water partition coefficient (Wildman–Crippen LogP) is 10.2. The Morgan fingerprint density at radius 2 is 0.538 bits per heavy atom. The fourth-order valence-electron chi connectivity index (χ4n) is 3.73. The summed E-state index contributed by atoms with van der Waals surface area (Å²) in [4.78, 5) is 0. The normalized spacial score (nSPS) is 11.6. The molecule has 0 saturated carbocycles. The number of rotatable bonds is 22. The molecule has 0 unspecified atom stereocenters. The maximum absolute atomic E-state index is 2.43. The second-order valence-electron chi connectivity index (χ2n) is 8.41. The Hall–Kier alpha value is -0.260. The fourth-order valence-corrected chi connectivity index (χ4v) is 3.73. The van der Waals surface area contributed by atoms with Crippen molar-refractivity contribution in [3.63, 3.8) is 0 Å². The lowest BCUT2D eigenvalue weighted by Gasteiger charge is -2.03. The van der Waals surface area contributed by atoms with E-state index in [0.717, 1.165) is 0 Å². The van der Waals surface area contributed by atoms with Crippen molar-refractivity contribution in [2.24, 2.45) is 0 Å². The molecule has 0 amide bonds. The molecular formula is C26H52. The standard InChI is InChI=1S/C26H52/c1-3-5-7-9-11-13-15-17-19-21-23-25-26-24-22-20-18-16-14-12-10-8-6-4-2/h15,17H,3-14,16,18-26H2,1-2H3. The van der Waals surface area contributed by atoms with Crippen molar-refractivity contribution in [2.45, 2.75) is 155 Å². The van der Waals surface area contributed by atoms with E-state index >= 15 is 0 Å². The van der Waals surface area contributed by atoms with Gasteiger partial charge in [-0.2, -0.15) is 0 Å². The van der Waals surface area contributed by atoms with Gasteiger partial charge in [0.2, 0.25) is 0 Å². The summed E-state index contributed by atoms with van der Waals surface area (Å²) in [6.45, 7) is 4.59. The van der Waals surface area contributed by atoms with Gasteiger partial charge in [0.1, 0.15) is 0 Å². The maximum Gasteiger partial charge on any atom is -0.0351 e. The van der Waals surface area contributed by atoms with Gasteiger partial charge >= 0.3 is 0 Å². The van der Waals surface area contributed by atoms with E-state index in [1.54, 1.807) is 0 Å². The van der Waals surface area contributed by atoms with Crippen molar-refractivity contribution in [3.8, 4) is 0 Å². The molecule has 156 valence electrons. The third-order valence-corrected chi connectivity index (χ3v) is 5.62. The Balaban J connectivity index is 3.02. The van der Waals surface area contributed by atoms with Crippen molar-refractivity contribution >= 4 is 0 Å². The summed E-state index contributed by atoms with van der Waals surface area (Å²) >= 11 is 0. The Labute approximate surface area is 167 Å². The molecule has 0 N–H and O–H groups in total. The smallest absolute Gasteiger partial charge is 0.0351 e. The minimum Gasteiger partial charge on any atom is -0.0885 e. The predicted molar refractivity (Wildman–Crippen MR) is 122 cm³/mol. The second-order valence-corrected chi connectivity index (χ2v) is 8.41. The number of hydrogen-bond donors (Lipinski definition) is 0. The van der Waals surface area contributed by atoms with Crippen LogP contribution in [0.25, 0.3) is 0 Å². The van der Waals surface area contributed by atoms with E-state index in [4.69, 9.17) is 0 Å². The van der Waals surface area contributed by atoms with E-state index in [9.17, 15) is 0 Å². The van der Waals surface area contributed by atoms with Gasteiger partial charge in [-0.1, -0.05) is 142 Å². The van der Waals surface area contributed by atoms with Gasteiger partial charge < -0.3 is 0 Å². The van der Waals surface area contributed by atoms with Gasteiger partial charge in [-0.3, -0.25) is 0 Å². The summed E-state index contributed by atoms with van der Waals surface area (Å²) < 4.78 is 0. The van der Waals surface area contributed by atoms with E-state index in [1.807, 2.05) is 0 Å². The second kappa shape index (κ2) is 24.7. The highest BCUT2D eigenvalue weighted by Gasteiger charge is 1.94. The van der Waals surface area contributed by atoms with Gasteiger partial charge in [0.05, 0.1) is 0 Å². The lowest BCUT2D eigenvalue weighted by Crippen LogP contribution is -1.83. The first-order valence-electron chi connectivity index (χ1n) is 12.6. The third-order valence-electron chi connectivity index (χ3n) is 5.62. The molecule has 0 aliphatic heterocycles. The molecule has 0 spiro atoms. The molecule has 0 aromatic heterocycles. The van der Waals surface area contributed by atoms with Crippen LogP contribution in [0.2, 0.25) is 0 Å². The van der Waals surface area contributed by atoms with Crippen molar-refractivity contribution in [1.29, 1.82) is 0 Å². The summed E-state index contributed by atoms with van der Waals surface area (Å²) in [6, 6.07) is 0. The number of allylic oxidation sites excluding steroid dienone is 2. The first-order valence-corrected chi connectivity index (χ1v) is 12.6. The summed E-state index contributed by atoms with van der Waals surface area (Å²) in [7, 11) is 0. The average Bonchev–Trinajstić information content (AvgIpc) is 2.66. The fraction of sp³-hybridized carbons (Fsp3) is 0.923. The van der Waals surface area contributed by atoms with Gasteiger partial charge in [-0.15, -0.1) is 0 Å². The molecule has 0 saturated heterocycles. The van der Waals surface area contributed by atoms with Crippen LogP contribution >= 0.6 is 0 Å². The Bertz CT molecular complexity index is 253. The van der Waals surface area contributed by atoms with Crippen LogP contribution in [-0.4, -0.2) is 0 Å². The molecule has 0 aromatic rings. The number of hydrogen-bond acceptors (Lipinski definition) is 0. The topological polar surface area (TPSA) is 0 Å². The molecule has 0 aliphatic rings. The SMILES string of the molecule is CCCCCCCC=CCCCCCCCCCCCCCCCCC. The Morgan fingerprint density at radius 3 is 0.808 bits per heavy atom. The first-order chi connectivity index (χ1) is 12.9. The van der Waals surface area contributed by atoms with E-state index in [2.05, 4.69) is 26.0 Å². The molecule has 0 radical (unpaired) electrons. The third kappa shape index (κ3) is 23.7. The average molecular weight is 365 g/mol. The summed E-state index contributed by atoms with van der Waals surface area (Å²) in [5.74, 6) is 0. The van der Waals surface area contributed by atoms with Crippen molar-refractivity contribution in [3.05, 3.63) is 12.2 Å². The van der Waals surface area contributed by atoms with Crippen LogP contribution in [0, 0.1) is 0 Å². The van der Waals surface area contributed by atoms with Crippen LogP contribution in [0.4, 0.5) is 0 Å².